The third kappa shape index (κ3) is 4.26. The van der Waals surface area contributed by atoms with Crippen molar-refractivity contribution < 1.29 is 19.0 Å². The molecule has 0 unspecified atom stereocenters. The lowest BCUT2D eigenvalue weighted by atomic mass is 9.93. The van der Waals surface area contributed by atoms with Crippen LogP contribution in [0.15, 0.2) is 41.3 Å². The molecule has 0 spiro atoms. The molecule has 1 aliphatic heterocycles. The van der Waals surface area contributed by atoms with Gasteiger partial charge in [-0.25, -0.2) is 0 Å². The first-order chi connectivity index (χ1) is 15.5. The van der Waals surface area contributed by atoms with E-state index in [9.17, 15) is 9.59 Å². The van der Waals surface area contributed by atoms with Gasteiger partial charge in [-0.15, -0.1) is 0 Å². The van der Waals surface area contributed by atoms with Crippen molar-refractivity contribution in [2.45, 2.75) is 25.2 Å². The summed E-state index contributed by atoms with van der Waals surface area (Å²) < 4.78 is 16.2. The van der Waals surface area contributed by atoms with Crippen molar-refractivity contribution in [3.63, 3.8) is 0 Å². The Hall–Kier alpha value is -3.55. The smallest absolute Gasteiger partial charge is 0.274 e. The maximum atomic E-state index is 13.1. The lowest BCUT2D eigenvalue weighted by Crippen LogP contribution is -2.40. The van der Waals surface area contributed by atoms with Crippen LogP contribution < -0.4 is 19.8 Å². The number of methoxy groups -OCH3 is 3. The summed E-state index contributed by atoms with van der Waals surface area (Å²) in [5, 5.41) is 0.812. The molecule has 1 atom stereocenters. The van der Waals surface area contributed by atoms with Crippen molar-refractivity contribution in [2.24, 2.45) is 0 Å². The Balaban J connectivity index is 1.53. The fraction of sp³-hybridized carbons (Fsp3) is 0.375. The van der Waals surface area contributed by atoms with Crippen LogP contribution in [-0.2, 0) is 11.2 Å². The van der Waals surface area contributed by atoms with Crippen molar-refractivity contribution in [3.05, 3.63) is 58.1 Å². The number of hydrogen-bond acceptors (Lipinski definition) is 6. The fourth-order valence-electron chi connectivity index (χ4n) is 4.32. The molecular formula is C24H27N3O5. The molecule has 3 aromatic rings. The maximum Gasteiger partial charge on any atom is 0.274 e. The maximum absolute atomic E-state index is 13.1. The Kier molecular flexibility index (Phi) is 6.30. The lowest BCUT2D eigenvalue weighted by Gasteiger charge is -2.33. The van der Waals surface area contributed by atoms with Crippen LogP contribution in [0.5, 0.6) is 17.2 Å². The lowest BCUT2D eigenvalue weighted by molar-refractivity contribution is -0.131. The van der Waals surface area contributed by atoms with Crippen molar-refractivity contribution in [2.75, 3.05) is 34.4 Å². The normalized spacial score (nSPS) is 16.1. The number of carbonyl (C=O) groups is 1. The summed E-state index contributed by atoms with van der Waals surface area (Å²) in [6.07, 6.45) is 3.62. The Morgan fingerprint density at radius 2 is 1.91 bits per heavy atom. The topological polar surface area (TPSA) is 93.8 Å². The van der Waals surface area contributed by atoms with Gasteiger partial charge in [-0.2, -0.15) is 0 Å². The van der Waals surface area contributed by atoms with Crippen molar-refractivity contribution in [3.8, 4) is 17.2 Å². The quantitative estimate of drug-likeness (QED) is 0.637. The first-order valence-corrected chi connectivity index (χ1v) is 10.6. The van der Waals surface area contributed by atoms with E-state index in [0.717, 1.165) is 29.5 Å². The van der Waals surface area contributed by atoms with Crippen LogP contribution in [0.1, 0.15) is 30.0 Å². The second-order valence-corrected chi connectivity index (χ2v) is 7.88. The minimum Gasteiger partial charge on any atom is -0.493 e. The summed E-state index contributed by atoms with van der Waals surface area (Å²) in [7, 11) is 4.65. The average molecular weight is 437 g/mol. The van der Waals surface area contributed by atoms with E-state index in [1.807, 2.05) is 23.1 Å². The highest BCUT2D eigenvalue weighted by atomic mass is 16.5. The number of rotatable bonds is 6. The number of nitrogens with one attached hydrogen (secondary N) is 1. The molecule has 1 saturated heterocycles. The van der Waals surface area contributed by atoms with Crippen LogP contribution in [0, 0.1) is 0 Å². The molecule has 1 aromatic carbocycles. The molecule has 0 aliphatic carbocycles. The van der Waals surface area contributed by atoms with Gasteiger partial charge < -0.3 is 24.1 Å². The molecule has 168 valence electrons. The SMILES string of the molecule is COc1cc(CC(=O)N2CCC[C@@H](c3cc4cccnc4c(=O)[nH]3)C2)cc(OC)c1OC. The van der Waals surface area contributed by atoms with E-state index in [1.165, 1.54) is 0 Å². The van der Waals surface area contributed by atoms with Gasteiger partial charge in [0.1, 0.15) is 5.52 Å². The molecule has 0 radical (unpaired) electrons. The molecule has 1 N–H and O–H groups in total. The number of H-pyrrole nitrogens is 1. The minimum atomic E-state index is -0.195. The summed E-state index contributed by atoms with van der Waals surface area (Å²) in [5.74, 6) is 1.64. The number of hydrogen-bond donors (Lipinski definition) is 1. The molecule has 32 heavy (non-hydrogen) atoms. The fourth-order valence-corrected chi connectivity index (χ4v) is 4.32. The Morgan fingerprint density at radius 3 is 2.59 bits per heavy atom. The van der Waals surface area contributed by atoms with Crippen LogP contribution in [0.25, 0.3) is 10.9 Å². The number of carbonyl (C=O) groups excluding carboxylic acids is 1. The van der Waals surface area contributed by atoms with E-state index < -0.39 is 0 Å². The van der Waals surface area contributed by atoms with Gasteiger partial charge in [0, 0.05) is 36.3 Å². The average Bonchev–Trinajstić information content (AvgIpc) is 2.83. The van der Waals surface area contributed by atoms with E-state index in [-0.39, 0.29) is 23.8 Å². The van der Waals surface area contributed by atoms with Gasteiger partial charge in [-0.1, -0.05) is 6.07 Å². The van der Waals surface area contributed by atoms with E-state index in [2.05, 4.69) is 9.97 Å². The van der Waals surface area contributed by atoms with Gasteiger partial charge in [-0.3, -0.25) is 14.6 Å². The molecule has 3 heterocycles. The van der Waals surface area contributed by atoms with E-state index in [1.54, 1.807) is 39.7 Å². The van der Waals surface area contributed by atoms with Gasteiger partial charge in [-0.05, 0) is 42.7 Å². The Morgan fingerprint density at radius 1 is 1.16 bits per heavy atom. The van der Waals surface area contributed by atoms with Crippen molar-refractivity contribution >= 4 is 16.8 Å². The second-order valence-electron chi connectivity index (χ2n) is 7.88. The largest absolute Gasteiger partial charge is 0.493 e. The van der Waals surface area contributed by atoms with Crippen molar-refractivity contribution in [1.82, 2.24) is 14.9 Å². The van der Waals surface area contributed by atoms with E-state index >= 15 is 0 Å². The highest BCUT2D eigenvalue weighted by Gasteiger charge is 2.26. The number of piperidine rings is 1. The first-order valence-electron chi connectivity index (χ1n) is 10.6. The monoisotopic (exact) mass is 437 g/mol. The van der Waals surface area contributed by atoms with E-state index in [4.69, 9.17) is 14.2 Å². The molecule has 8 heteroatoms. The number of benzene rings is 1. The number of amides is 1. The third-order valence-electron chi connectivity index (χ3n) is 5.92. The van der Waals surface area contributed by atoms with Gasteiger partial charge in [0.05, 0.1) is 27.8 Å². The molecular weight excluding hydrogens is 410 g/mol. The van der Waals surface area contributed by atoms with E-state index in [0.29, 0.717) is 35.9 Å². The second kappa shape index (κ2) is 9.30. The molecule has 8 nitrogen and oxygen atoms in total. The first kappa shape index (κ1) is 21.7. The zero-order valence-corrected chi connectivity index (χ0v) is 18.5. The number of ether oxygens (including phenoxy) is 3. The van der Waals surface area contributed by atoms with Crippen LogP contribution in [0.2, 0.25) is 0 Å². The Labute approximate surface area is 186 Å². The zero-order chi connectivity index (χ0) is 22.7. The van der Waals surface area contributed by atoms with Crippen LogP contribution in [-0.4, -0.2) is 55.2 Å². The molecule has 4 rings (SSSR count). The zero-order valence-electron chi connectivity index (χ0n) is 18.5. The minimum absolute atomic E-state index is 0.0220. The highest BCUT2D eigenvalue weighted by molar-refractivity contribution is 5.80. The summed E-state index contributed by atoms with van der Waals surface area (Å²) >= 11 is 0. The summed E-state index contributed by atoms with van der Waals surface area (Å²) in [5.41, 5.74) is 1.87. The van der Waals surface area contributed by atoms with Crippen LogP contribution in [0.3, 0.4) is 0 Å². The third-order valence-corrected chi connectivity index (χ3v) is 5.92. The number of pyridine rings is 2. The van der Waals surface area contributed by atoms with Crippen LogP contribution >= 0.6 is 0 Å². The molecule has 2 aromatic heterocycles. The molecule has 1 aliphatic rings. The molecule has 0 saturated carbocycles. The molecule has 1 fully saturated rings. The predicted molar refractivity (Wildman–Crippen MR) is 121 cm³/mol. The summed E-state index contributed by atoms with van der Waals surface area (Å²) in [6, 6.07) is 9.28. The predicted octanol–water partition coefficient (Wildman–Crippen LogP) is 2.90. The summed E-state index contributed by atoms with van der Waals surface area (Å²) in [4.78, 5) is 34.5. The standard InChI is InChI=1S/C24H27N3O5/c1-30-19-10-15(11-20(31-2)23(19)32-3)12-21(28)27-9-5-7-17(14-27)18-13-16-6-4-8-25-22(16)24(29)26-18/h4,6,8,10-11,13,17H,5,7,9,12,14H2,1-3H3,(H,26,29)/t17-/m1/s1. The van der Waals surface area contributed by atoms with Gasteiger partial charge in [0.15, 0.2) is 11.5 Å². The van der Waals surface area contributed by atoms with Crippen LogP contribution in [0.4, 0.5) is 0 Å². The van der Waals surface area contributed by atoms with Gasteiger partial charge >= 0.3 is 0 Å². The Bertz CT molecular complexity index is 1160. The van der Waals surface area contributed by atoms with Crippen molar-refractivity contribution in [1.29, 1.82) is 0 Å². The number of fused-ring (bicyclic) bond motifs is 1. The highest BCUT2D eigenvalue weighted by Crippen LogP contribution is 2.38. The summed E-state index contributed by atoms with van der Waals surface area (Å²) in [6.45, 7) is 1.25. The van der Waals surface area contributed by atoms with Gasteiger partial charge in [0.25, 0.3) is 5.56 Å². The molecule has 0 bridgehead atoms. The number of likely N-dealkylation sites (tertiary alicyclic amines) is 1. The molecule has 1 amide bonds. The van der Waals surface area contributed by atoms with Gasteiger partial charge in [0.2, 0.25) is 11.7 Å². The number of nitrogens with zero attached hydrogens (tertiary/aromatic N) is 2. The number of aromatic nitrogens is 2. The number of aromatic amines is 1.